The minimum atomic E-state index is -0.246. The quantitative estimate of drug-likeness (QED) is 0.482. The average molecular weight is 457 g/mol. The van der Waals surface area contributed by atoms with Gasteiger partial charge in [0, 0.05) is 28.3 Å². The molecule has 170 valence electrons. The van der Waals surface area contributed by atoms with Crippen molar-refractivity contribution in [3.05, 3.63) is 53.9 Å². The molecular formula is C23H28N4O4S. The van der Waals surface area contributed by atoms with E-state index in [4.69, 9.17) is 13.7 Å². The SMILES string of the molecule is CC(OCc1nnc([C@H]2C[C@H](NC(=O)c3cc(-c4ccccc4)on3)C2)o1)SC(C)(C)C. The number of carbonyl (C=O) groups is 1. The number of thioether (sulfide) groups is 1. The van der Waals surface area contributed by atoms with Crippen molar-refractivity contribution in [2.75, 3.05) is 0 Å². The van der Waals surface area contributed by atoms with Crippen LogP contribution in [0.15, 0.2) is 45.3 Å². The monoisotopic (exact) mass is 456 g/mol. The van der Waals surface area contributed by atoms with Crippen molar-refractivity contribution in [3.63, 3.8) is 0 Å². The highest BCUT2D eigenvalue weighted by atomic mass is 32.2. The number of hydrogen-bond donors (Lipinski definition) is 1. The molecule has 1 aromatic carbocycles. The van der Waals surface area contributed by atoms with Crippen LogP contribution in [0.4, 0.5) is 0 Å². The van der Waals surface area contributed by atoms with Crippen LogP contribution in [0.1, 0.15) is 68.7 Å². The van der Waals surface area contributed by atoms with Crippen LogP contribution in [-0.2, 0) is 11.3 Å². The number of rotatable bonds is 8. The number of carbonyl (C=O) groups excluding carboxylic acids is 1. The lowest BCUT2D eigenvalue weighted by Crippen LogP contribution is -2.43. The van der Waals surface area contributed by atoms with Gasteiger partial charge in [0.15, 0.2) is 11.5 Å². The second-order valence-electron chi connectivity index (χ2n) is 8.92. The van der Waals surface area contributed by atoms with E-state index < -0.39 is 0 Å². The molecule has 4 rings (SSSR count). The summed E-state index contributed by atoms with van der Waals surface area (Å²) in [6, 6.07) is 11.3. The lowest BCUT2D eigenvalue weighted by molar-refractivity contribution is 0.0870. The molecule has 1 amide bonds. The molecule has 1 aliphatic carbocycles. The largest absolute Gasteiger partial charge is 0.422 e. The maximum Gasteiger partial charge on any atom is 0.273 e. The Bertz CT molecular complexity index is 1040. The molecule has 8 nitrogen and oxygen atoms in total. The number of ether oxygens (including phenoxy) is 1. The second kappa shape index (κ2) is 9.46. The first-order valence-electron chi connectivity index (χ1n) is 10.7. The molecule has 9 heteroatoms. The molecule has 1 atom stereocenters. The molecule has 2 heterocycles. The average Bonchev–Trinajstić information content (AvgIpc) is 3.38. The van der Waals surface area contributed by atoms with Gasteiger partial charge in [0.25, 0.3) is 5.91 Å². The number of hydrogen-bond acceptors (Lipinski definition) is 8. The normalized spacial score (nSPS) is 19.4. The predicted molar refractivity (Wildman–Crippen MR) is 121 cm³/mol. The van der Waals surface area contributed by atoms with Gasteiger partial charge >= 0.3 is 0 Å². The first-order chi connectivity index (χ1) is 15.3. The molecule has 1 saturated carbocycles. The third kappa shape index (κ3) is 5.77. The number of nitrogens with one attached hydrogen (secondary N) is 1. The number of benzene rings is 1. The van der Waals surface area contributed by atoms with Gasteiger partial charge in [-0.3, -0.25) is 4.79 Å². The van der Waals surface area contributed by atoms with E-state index in [0.717, 1.165) is 18.4 Å². The Morgan fingerprint density at radius 1 is 1.25 bits per heavy atom. The highest BCUT2D eigenvalue weighted by Crippen LogP contribution is 2.36. The molecule has 0 spiro atoms. The topological polar surface area (TPSA) is 103 Å². The van der Waals surface area contributed by atoms with Crippen molar-refractivity contribution >= 4 is 17.7 Å². The summed E-state index contributed by atoms with van der Waals surface area (Å²) < 4.78 is 17.0. The highest BCUT2D eigenvalue weighted by Gasteiger charge is 2.35. The summed E-state index contributed by atoms with van der Waals surface area (Å²) in [5.74, 6) is 1.53. The molecule has 1 fully saturated rings. The first kappa shape index (κ1) is 22.5. The molecule has 0 bridgehead atoms. The van der Waals surface area contributed by atoms with Gasteiger partial charge < -0.3 is 19.0 Å². The van der Waals surface area contributed by atoms with Crippen LogP contribution in [0.5, 0.6) is 0 Å². The molecule has 2 aromatic heterocycles. The third-order valence-electron chi connectivity index (χ3n) is 5.07. The Balaban J connectivity index is 1.23. The van der Waals surface area contributed by atoms with E-state index in [2.05, 4.69) is 41.4 Å². The Morgan fingerprint density at radius 3 is 2.72 bits per heavy atom. The van der Waals surface area contributed by atoms with Crippen molar-refractivity contribution in [2.24, 2.45) is 0 Å². The van der Waals surface area contributed by atoms with E-state index >= 15 is 0 Å². The number of nitrogens with zero attached hydrogens (tertiary/aromatic N) is 3. The molecule has 0 saturated heterocycles. The van der Waals surface area contributed by atoms with Crippen LogP contribution < -0.4 is 5.32 Å². The van der Waals surface area contributed by atoms with Crippen LogP contribution in [0.3, 0.4) is 0 Å². The minimum Gasteiger partial charge on any atom is -0.422 e. The molecule has 0 aliphatic heterocycles. The molecule has 1 unspecified atom stereocenters. The molecule has 32 heavy (non-hydrogen) atoms. The Labute approximate surface area is 191 Å². The van der Waals surface area contributed by atoms with E-state index in [-0.39, 0.29) is 33.7 Å². The van der Waals surface area contributed by atoms with E-state index in [1.54, 1.807) is 17.8 Å². The van der Waals surface area contributed by atoms with Crippen molar-refractivity contribution < 1.29 is 18.5 Å². The van der Waals surface area contributed by atoms with Crippen molar-refractivity contribution in [2.45, 2.75) is 69.3 Å². The minimum absolute atomic E-state index is 0.0348. The van der Waals surface area contributed by atoms with Crippen LogP contribution >= 0.6 is 11.8 Å². The van der Waals surface area contributed by atoms with Crippen LogP contribution in [-0.4, -0.2) is 37.5 Å². The summed E-state index contributed by atoms with van der Waals surface area (Å²) in [6.07, 6.45) is 1.49. The molecule has 0 radical (unpaired) electrons. The van der Waals surface area contributed by atoms with Crippen LogP contribution in [0.25, 0.3) is 11.3 Å². The smallest absolute Gasteiger partial charge is 0.273 e. The fraction of sp³-hybridized carbons (Fsp3) is 0.478. The zero-order chi connectivity index (χ0) is 22.7. The number of aromatic nitrogens is 3. The van der Waals surface area contributed by atoms with E-state index in [0.29, 0.717) is 24.1 Å². The first-order valence-corrected chi connectivity index (χ1v) is 11.6. The van der Waals surface area contributed by atoms with E-state index in [1.165, 1.54) is 0 Å². The maximum absolute atomic E-state index is 12.5. The maximum atomic E-state index is 12.5. The Hall–Kier alpha value is -2.65. The molecule has 3 aromatic rings. The van der Waals surface area contributed by atoms with Crippen molar-refractivity contribution in [1.82, 2.24) is 20.7 Å². The fourth-order valence-electron chi connectivity index (χ4n) is 3.53. The van der Waals surface area contributed by atoms with Gasteiger partial charge in [-0.2, -0.15) is 0 Å². The summed E-state index contributed by atoms with van der Waals surface area (Å²) in [6.45, 7) is 8.76. The third-order valence-corrected chi connectivity index (χ3v) is 6.24. The van der Waals surface area contributed by atoms with Gasteiger partial charge in [-0.15, -0.1) is 22.0 Å². The van der Waals surface area contributed by atoms with Gasteiger partial charge in [0.2, 0.25) is 11.8 Å². The summed E-state index contributed by atoms with van der Waals surface area (Å²) in [5, 5.41) is 15.1. The van der Waals surface area contributed by atoms with Gasteiger partial charge in [0.05, 0.1) is 0 Å². The lowest BCUT2D eigenvalue weighted by Gasteiger charge is -2.33. The summed E-state index contributed by atoms with van der Waals surface area (Å²) in [4.78, 5) is 12.5. The van der Waals surface area contributed by atoms with Gasteiger partial charge in [-0.1, -0.05) is 56.3 Å². The molecule has 1 aliphatic rings. The summed E-state index contributed by atoms with van der Waals surface area (Å²) in [7, 11) is 0. The standard InChI is InChI=1S/C23H28N4O4S/c1-14(32-23(2,3)4)29-13-20-25-26-22(30-20)16-10-17(11-16)24-21(28)18-12-19(31-27-18)15-8-6-5-7-9-15/h5-9,12,14,16-17H,10-11,13H2,1-4H3,(H,24,28)/t14?,16-,17-. The van der Waals surface area contributed by atoms with Crippen LogP contribution in [0, 0.1) is 0 Å². The van der Waals surface area contributed by atoms with Gasteiger partial charge in [-0.25, -0.2) is 0 Å². The zero-order valence-corrected chi connectivity index (χ0v) is 19.5. The Kier molecular flexibility index (Phi) is 6.66. The Morgan fingerprint density at radius 2 is 2.00 bits per heavy atom. The van der Waals surface area contributed by atoms with Crippen LogP contribution in [0.2, 0.25) is 0 Å². The summed E-state index contributed by atoms with van der Waals surface area (Å²) >= 11 is 1.74. The van der Waals surface area contributed by atoms with Gasteiger partial charge in [0.1, 0.15) is 12.0 Å². The predicted octanol–water partition coefficient (Wildman–Crippen LogP) is 4.79. The van der Waals surface area contributed by atoms with E-state index in [1.807, 2.05) is 37.3 Å². The second-order valence-corrected chi connectivity index (χ2v) is 11.0. The number of amides is 1. The summed E-state index contributed by atoms with van der Waals surface area (Å²) in [5.41, 5.74) is 1.18. The lowest BCUT2D eigenvalue weighted by atomic mass is 9.80. The van der Waals surface area contributed by atoms with E-state index in [9.17, 15) is 4.79 Å². The fourth-order valence-corrected chi connectivity index (χ4v) is 4.66. The highest BCUT2D eigenvalue weighted by molar-refractivity contribution is 8.01. The van der Waals surface area contributed by atoms with Crippen molar-refractivity contribution in [1.29, 1.82) is 0 Å². The molecular weight excluding hydrogens is 428 g/mol. The zero-order valence-electron chi connectivity index (χ0n) is 18.7. The van der Waals surface area contributed by atoms with Gasteiger partial charge in [-0.05, 0) is 19.8 Å². The van der Waals surface area contributed by atoms with Crippen molar-refractivity contribution in [3.8, 4) is 11.3 Å². The molecule has 1 N–H and O–H groups in total.